The number of hydrogen-bond donors (Lipinski definition) is 1. The summed E-state index contributed by atoms with van der Waals surface area (Å²) in [6.45, 7) is 4.96. The average Bonchev–Trinajstić information content (AvgIpc) is 2.54. The van der Waals surface area contributed by atoms with Crippen LogP contribution in [0.5, 0.6) is 0 Å². The molecule has 0 fully saturated rings. The first-order chi connectivity index (χ1) is 10.3. The highest BCUT2D eigenvalue weighted by atomic mass is 15.1. The maximum absolute atomic E-state index is 6.29. The average molecular weight is 283 g/mol. The molecule has 0 aliphatic carbocycles. The van der Waals surface area contributed by atoms with Crippen molar-refractivity contribution in [2.45, 2.75) is 32.4 Å². The second-order valence-corrected chi connectivity index (χ2v) is 5.43. The van der Waals surface area contributed by atoms with Crippen molar-refractivity contribution in [2.24, 2.45) is 5.73 Å². The van der Waals surface area contributed by atoms with Gasteiger partial charge in [-0.15, -0.1) is 0 Å². The monoisotopic (exact) mass is 283 g/mol. The molecule has 0 radical (unpaired) electrons. The fraction of sp³-hybridized carbons (Fsp3) is 0.389. The highest BCUT2D eigenvalue weighted by Crippen LogP contribution is 2.07. The fourth-order valence-corrected chi connectivity index (χ4v) is 2.45. The van der Waals surface area contributed by atoms with E-state index in [1.165, 1.54) is 5.56 Å². The van der Waals surface area contributed by atoms with Crippen molar-refractivity contribution in [1.82, 2.24) is 9.88 Å². The molecule has 0 spiro atoms. The molecule has 2 rings (SSSR count). The molecular weight excluding hydrogens is 258 g/mol. The standard InChI is InChI=1S/C18H25N3/c1-2-21(15-18-10-6-7-13-20-18)14-17(19)12-11-16-8-4-3-5-9-16/h3-10,13,17H,2,11-12,14-15,19H2,1H3. The molecule has 2 aromatic rings. The molecule has 1 aromatic carbocycles. The molecule has 2 N–H and O–H groups in total. The van der Waals surface area contributed by atoms with Crippen LogP contribution in [0.4, 0.5) is 0 Å². The van der Waals surface area contributed by atoms with Crippen LogP contribution in [0.1, 0.15) is 24.6 Å². The number of likely N-dealkylation sites (N-methyl/N-ethyl adjacent to an activating group) is 1. The molecule has 1 atom stereocenters. The van der Waals surface area contributed by atoms with Gasteiger partial charge in [0.2, 0.25) is 0 Å². The number of nitrogens with two attached hydrogens (primary N) is 1. The number of nitrogens with zero attached hydrogens (tertiary/aromatic N) is 2. The summed E-state index contributed by atoms with van der Waals surface area (Å²) in [5.41, 5.74) is 8.76. The Balaban J connectivity index is 1.78. The Kier molecular flexibility index (Phi) is 6.38. The summed E-state index contributed by atoms with van der Waals surface area (Å²) in [5, 5.41) is 0. The first kappa shape index (κ1) is 15.7. The van der Waals surface area contributed by atoms with Gasteiger partial charge in [-0.05, 0) is 37.1 Å². The van der Waals surface area contributed by atoms with Crippen LogP contribution in [0.15, 0.2) is 54.7 Å². The largest absolute Gasteiger partial charge is 0.327 e. The van der Waals surface area contributed by atoms with Gasteiger partial charge in [0.05, 0.1) is 5.69 Å². The highest BCUT2D eigenvalue weighted by Gasteiger charge is 2.10. The molecule has 1 unspecified atom stereocenters. The predicted octanol–water partition coefficient (Wildman–Crippen LogP) is 2.86. The summed E-state index contributed by atoms with van der Waals surface area (Å²) < 4.78 is 0. The van der Waals surface area contributed by atoms with E-state index in [1.54, 1.807) is 0 Å². The van der Waals surface area contributed by atoms with Gasteiger partial charge in [0.15, 0.2) is 0 Å². The topological polar surface area (TPSA) is 42.2 Å². The molecule has 0 aliphatic heterocycles. The number of rotatable bonds is 8. The van der Waals surface area contributed by atoms with Crippen molar-refractivity contribution in [2.75, 3.05) is 13.1 Å². The van der Waals surface area contributed by atoms with E-state index in [2.05, 4.69) is 53.2 Å². The molecule has 3 nitrogen and oxygen atoms in total. The van der Waals surface area contributed by atoms with Crippen molar-refractivity contribution in [3.05, 3.63) is 66.0 Å². The van der Waals surface area contributed by atoms with E-state index in [0.29, 0.717) is 0 Å². The van der Waals surface area contributed by atoms with E-state index in [-0.39, 0.29) is 6.04 Å². The van der Waals surface area contributed by atoms with E-state index >= 15 is 0 Å². The van der Waals surface area contributed by atoms with Crippen molar-refractivity contribution < 1.29 is 0 Å². The maximum Gasteiger partial charge on any atom is 0.0543 e. The lowest BCUT2D eigenvalue weighted by molar-refractivity contribution is 0.254. The number of aryl methyl sites for hydroxylation is 1. The fourth-order valence-electron chi connectivity index (χ4n) is 2.45. The summed E-state index contributed by atoms with van der Waals surface area (Å²) >= 11 is 0. The molecule has 21 heavy (non-hydrogen) atoms. The van der Waals surface area contributed by atoms with Gasteiger partial charge in [-0.25, -0.2) is 0 Å². The zero-order valence-corrected chi connectivity index (χ0v) is 12.8. The van der Waals surface area contributed by atoms with Gasteiger partial charge in [-0.1, -0.05) is 43.3 Å². The van der Waals surface area contributed by atoms with Crippen LogP contribution < -0.4 is 5.73 Å². The Morgan fingerprint density at radius 2 is 1.86 bits per heavy atom. The maximum atomic E-state index is 6.29. The minimum atomic E-state index is 0.203. The van der Waals surface area contributed by atoms with Crippen LogP contribution in [0.25, 0.3) is 0 Å². The van der Waals surface area contributed by atoms with Crippen molar-refractivity contribution in [3.8, 4) is 0 Å². The van der Waals surface area contributed by atoms with Crippen LogP contribution in [-0.4, -0.2) is 29.0 Å². The van der Waals surface area contributed by atoms with E-state index in [1.807, 2.05) is 18.3 Å². The Morgan fingerprint density at radius 3 is 2.52 bits per heavy atom. The summed E-state index contributed by atoms with van der Waals surface area (Å²) in [5.74, 6) is 0. The third-order valence-electron chi connectivity index (χ3n) is 3.70. The van der Waals surface area contributed by atoms with Crippen LogP contribution >= 0.6 is 0 Å². The lowest BCUT2D eigenvalue weighted by Gasteiger charge is -2.24. The summed E-state index contributed by atoms with van der Waals surface area (Å²) in [6.07, 6.45) is 3.91. The zero-order chi connectivity index (χ0) is 14.9. The molecule has 0 amide bonds. The summed E-state index contributed by atoms with van der Waals surface area (Å²) in [7, 11) is 0. The van der Waals surface area contributed by atoms with Gasteiger partial charge >= 0.3 is 0 Å². The Morgan fingerprint density at radius 1 is 1.10 bits per heavy atom. The Labute approximate surface area is 127 Å². The molecule has 0 aliphatic rings. The molecule has 3 heteroatoms. The summed E-state index contributed by atoms with van der Waals surface area (Å²) in [4.78, 5) is 6.74. The van der Waals surface area contributed by atoms with Crippen LogP contribution in [0, 0.1) is 0 Å². The van der Waals surface area contributed by atoms with Gasteiger partial charge < -0.3 is 5.73 Å². The molecular formula is C18H25N3. The number of hydrogen-bond acceptors (Lipinski definition) is 3. The minimum Gasteiger partial charge on any atom is -0.327 e. The van der Waals surface area contributed by atoms with Gasteiger partial charge in [-0.2, -0.15) is 0 Å². The molecule has 1 aromatic heterocycles. The van der Waals surface area contributed by atoms with Gasteiger partial charge in [-0.3, -0.25) is 9.88 Å². The molecule has 0 saturated carbocycles. The third kappa shape index (κ3) is 5.66. The second-order valence-electron chi connectivity index (χ2n) is 5.43. The zero-order valence-electron chi connectivity index (χ0n) is 12.8. The minimum absolute atomic E-state index is 0.203. The second kappa shape index (κ2) is 8.55. The van der Waals surface area contributed by atoms with Crippen LogP contribution in [0.2, 0.25) is 0 Å². The van der Waals surface area contributed by atoms with E-state index in [4.69, 9.17) is 5.73 Å². The molecule has 112 valence electrons. The lowest BCUT2D eigenvalue weighted by atomic mass is 10.1. The quantitative estimate of drug-likeness (QED) is 0.810. The number of pyridine rings is 1. The predicted molar refractivity (Wildman–Crippen MR) is 87.9 cm³/mol. The molecule has 0 saturated heterocycles. The Hall–Kier alpha value is -1.71. The van der Waals surface area contributed by atoms with Crippen LogP contribution in [0.3, 0.4) is 0 Å². The van der Waals surface area contributed by atoms with Crippen molar-refractivity contribution >= 4 is 0 Å². The van der Waals surface area contributed by atoms with E-state index < -0.39 is 0 Å². The SMILES string of the molecule is CCN(Cc1ccccn1)CC(N)CCc1ccccc1. The van der Waals surface area contributed by atoms with E-state index in [0.717, 1.165) is 38.2 Å². The molecule has 0 bridgehead atoms. The van der Waals surface area contributed by atoms with Gasteiger partial charge in [0, 0.05) is 25.3 Å². The van der Waals surface area contributed by atoms with Gasteiger partial charge in [0.25, 0.3) is 0 Å². The number of benzene rings is 1. The van der Waals surface area contributed by atoms with E-state index in [9.17, 15) is 0 Å². The summed E-state index contributed by atoms with van der Waals surface area (Å²) in [6, 6.07) is 16.8. The van der Waals surface area contributed by atoms with Crippen molar-refractivity contribution in [1.29, 1.82) is 0 Å². The molecule has 1 heterocycles. The first-order valence-corrected chi connectivity index (χ1v) is 7.69. The first-order valence-electron chi connectivity index (χ1n) is 7.69. The smallest absolute Gasteiger partial charge is 0.0543 e. The van der Waals surface area contributed by atoms with Gasteiger partial charge in [0.1, 0.15) is 0 Å². The normalized spacial score (nSPS) is 12.5. The van der Waals surface area contributed by atoms with Crippen molar-refractivity contribution in [3.63, 3.8) is 0 Å². The lowest BCUT2D eigenvalue weighted by Crippen LogP contribution is -2.37. The third-order valence-corrected chi connectivity index (χ3v) is 3.70. The highest BCUT2D eigenvalue weighted by molar-refractivity contribution is 5.14. The van der Waals surface area contributed by atoms with Crippen LogP contribution in [-0.2, 0) is 13.0 Å². The number of aromatic nitrogens is 1. The Bertz CT molecular complexity index is 498.